The molecule has 0 saturated carbocycles. The minimum Gasteiger partial charge on any atom is -0.497 e. The fourth-order valence-electron chi connectivity index (χ4n) is 1.96. The predicted molar refractivity (Wildman–Crippen MR) is 85.3 cm³/mol. The van der Waals surface area contributed by atoms with Crippen molar-refractivity contribution in [1.82, 2.24) is 5.32 Å². The fourth-order valence-corrected chi connectivity index (χ4v) is 1.96. The third kappa shape index (κ3) is 7.02. The van der Waals surface area contributed by atoms with Gasteiger partial charge in [0.25, 0.3) is 0 Å². The third-order valence-corrected chi connectivity index (χ3v) is 3.15. The molecule has 0 spiro atoms. The number of hydrogen-bond acceptors (Lipinski definition) is 2. The van der Waals surface area contributed by atoms with Crippen molar-refractivity contribution in [2.45, 2.75) is 39.0 Å². The van der Waals surface area contributed by atoms with Gasteiger partial charge in [-0.1, -0.05) is 38.3 Å². The molecular formula is C16H27N3O. The summed E-state index contributed by atoms with van der Waals surface area (Å²) in [5.74, 6) is 1.43. The third-order valence-electron chi connectivity index (χ3n) is 3.15. The zero-order valence-corrected chi connectivity index (χ0v) is 12.7. The maximum Gasteiger partial charge on any atom is 0.188 e. The molecule has 0 amide bonds. The molecule has 0 aliphatic carbocycles. The van der Waals surface area contributed by atoms with Crippen molar-refractivity contribution < 1.29 is 4.74 Å². The molecule has 1 rings (SSSR count). The number of benzene rings is 1. The summed E-state index contributed by atoms with van der Waals surface area (Å²) in [5, 5.41) is 3.15. The first-order chi connectivity index (χ1) is 9.76. The van der Waals surface area contributed by atoms with Gasteiger partial charge in [0, 0.05) is 13.1 Å². The van der Waals surface area contributed by atoms with E-state index in [1.165, 1.54) is 24.8 Å². The zero-order chi connectivity index (χ0) is 14.6. The topological polar surface area (TPSA) is 59.6 Å². The van der Waals surface area contributed by atoms with E-state index in [2.05, 4.69) is 23.3 Å². The van der Waals surface area contributed by atoms with Gasteiger partial charge in [0.05, 0.1) is 7.11 Å². The average Bonchev–Trinajstić information content (AvgIpc) is 2.47. The summed E-state index contributed by atoms with van der Waals surface area (Å²) in [5.41, 5.74) is 7.05. The number of guanidine groups is 1. The Morgan fingerprint density at radius 3 is 2.90 bits per heavy atom. The summed E-state index contributed by atoms with van der Waals surface area (Å²) in [6, 6.07) is 8.07. The summed E-state index contributed by atoms with van der Waals surface area (Å²) in [4.78, 5) is 4.32. The van der Waals surface area contributed by atoms with E-state index in [0.717, 1.165) is 31.7 Å². The Labute approximate surface area is 122 Å². The van der Waals surface area contributed by atoms with E-state index in [9.17, 15) is 0 Å². The molecule has 4 nitrogen and oxygen atoms in total. The molecule has 0 aliphatic heterocycles. The molecule has 0 heterocycles. The number of unbranched alkanes of at least 4 members (excludes halogenated alkanes) is 3. The summed E-state index contributed by atoms with van der Waals surface area (Å²) in [7, 11) is 1.68. The fraction of sp³-hybridized carbons (Fsp3) is 0.562. The van der Waals surface area contributed by atoms with Crippen LogP contribution in [0.2, 0.25) is 0 Å². The van der Waals surface area contributed by atoms with Crippen LogP contribution in [0.3, 0.4) is 0 Å². The SMILES string of the molecule is CCCCCCN=C(N)NCCc1cccc(OC)c1. The highest BCUT2D eigenvalue weighted by atomic mass is 16.5. The van der Waals surface area contributed by atoms with E-state index in [0.29, 0.717) is 5.96 Å². The highest BCUT2D eigenvalue weighted by molar-refractivity contribution is 5.77. The Hall–Kier alpha value is -1.71. The van der Waals surface area contributed by atoms with Gasteiger partial charge < -0.3 is 15.8 Å². The molecule has 0 atom stereocenters. The maximum absolute atomic E-state index is 5.82. The van der Waals surface area contributed by atoms with Crippen LogP contribution >= 0.6 is 0 Å². The lowest BCUT2D eigenvalue weighted by atomic mass is 10.1. The van der Waals surface area contributed by atoms with Crippen LogP contribution in [0.1, 0.15) is 38.2 Å². The molecule has 0 aromatic heterocycles. The Balaban J connectivity index is 2.20. The van der Waals surface area contributed by atoms with Gasteiger partial charge in [-0.3, -0.25) is 4.99 Å². The molecule has 3 N–H and O–H groups in total. The van der Waals surface area contributed by atoms with Crippen molar-refractivity contribution in [3.63, 3.8) is 0 Å². The van der Waals surface area contributed by atoms with Gasteiger partial charge in [-0.2, -0.15) is 0 Å². The zero-order valence-electron chi connectivity index (χ0n) is 12.7. The van der Waals surface area contributed by atoms with Crippen LogP contribution < -0.4 is 15.8 Å². The minimum absolute atomic E-state index is 0.546. The number of aliphatic imine (C=N–C) groups is 1. The van der Waals surface area contributed by atoms with Gasteiger partial charge in [-0.15, -0.1) is 0 Å². The number of rotatable bonds is 9. The lowest BCUT2D eigenvalue weighted by Gasteiger charge is -2.07. The van der Waals surface area contributed by atoms with Crippen molar-refractivity contribution in [1.29, 1.82) is 0 Å². The smallest absolute Gasteiger partial charge is 0.188 e. The van der Waals surface area contributed by atoms with Crippen LogP contribution in [-0.4, -0.2) is 26.2 Å². The van der Waals surface area contributed by atoms with Crippen molar-refractivity contribution in [3.8, 4) is 5.75 Å². The first-order valence-electron chi connectivity index (χ1n) is 7.43. The number of methoxy groups -OCH3 is 1. The van der Waals surface area contributed by atoms with E-state index < -0.39 is 0 Å². The second-order valence-corrected chi connectivity index (χ2v) is 4.86. The van der Waals surface area contributed by atoms with Crippen LogP contribution in [0.15, 0.2) is 29.3 Å². The van der Waals surface area contributed by atoms with E-state index in [1.807, 2.05) is 18.2 Å². The molecular weight excluding hydrogens is 250 g/mol. The van der Waals surface area contributed by atoms with Crippen LogP contribution in [0.5, 0.6) is 5.75 Å². The molecule has 4 heteroatoms. The monoisotopic (exact) mass is 277 g/mol. The van der Waals surface area contributed by atoms with Crippen LogP contribution in [0, 0.1) is 0 Å². The molecule has 0 unspecified atom stereocenters. The Bertz CT molecular complexity index is 404. The highest BCUT2D eigenvalue weighted by Crippen LogP contribution is 2.12. The van der Waals surface area contributed by atoms with Crippen LogP contribution in [-0.2, 0) is 6.42 Å². The van der Waals surface area contributed by atoms with Gasteiger partial charge >= 0.3 is 0 Å². The summed E-state index contributed by atoms with van der Waals surface area (Å²) >= 11 is 0. The van der Waals surface area contributed by atoms with E-state index in [1.54, 1.807) is 7.11 Å². The van der Waals surface area contributed by atoms with Gasteiger partial charge in [-0.05, 0) is 30.5 Å². The molecule has 1 aromatic rings. The lowest BCUT2D eigenvalue weighted by molar-refractivity contribution is 0.414. The molecule has 0 bridgehead atoms. The number of nitrogens with two attached hydrogens (primary N) is 1. The number of nitrogens with one attached hydrogen (secondary N) is 1. The predicted octanol–water partition coefficient (Wildman–Crippen LogP) is 2.72. The number of nitrogens with zero attached hydrogens (tertiary/aromatic N) is 1. The molecule has 0 fully saturated rings. The van der Waals surface area contributed by atoms with Crippen molar-refractivity contribution in [2.24, 2.45) is 10.7 Å². The standard InChI is InChI=1S/C16H27N3O/c1-3-4-5-6-11-18-16(17)19-12-10-14-8-7-9-15(13-14)20-2/h7-9,13H,3-6,10-12H2,1-2H3,(H3,17,18,19). The highest BCUT2D eigenvalue weighted by Gasteiger charge is 1.97. The molecule has 20 heavy (non-hydrogen) atoms. The normalized spacial score (nSPS) is 11.4. The van der Waals surface area contributed by atoms with Gasteiger partial charge in [0.15, 0.2) is 5.96 Å². The van der Waals surface area contributed by atoms with Gasteiger partial charge in [0.1, 0.15) is 5.75 Å². The van der Waals surface area contributed by atoms with Crippen molar-refractivity contribution in [2.75, 3.05) is 20.2 Å². The largest absolute Gasteiger partial charge is 0.497 e. The van der Waals surface area contributed by atoms with E-state index in [4.69, 9.17) is 10.5 Å². The quantitative estimate of drug-likeness (QED) is 0.414. The first-order valence-corrected chi connectivity index (χ1v) is 7.43. The van der Waals surface area contributed by atoms with Crippen molar-refractivity contribution >= 4 is 5.96 Å². The Morgan fingerprint density at radius 1 is 1.30 bits per heavy atom. The Kier molecular flexibility index (Phi) is 8.27. The Morgan fingerprint density at radius 2 is 2.15 bits per heavy atom. The minimum atomic E-state index is 0.546. The number of ether oxygens (including phenoxy) is 1. The van der Waals surface area contributed by atoms with Gasteiger partial charge in [0.2, 0.25) is 0 Å². The van der Waals surface area contributed by atoms with E-state index in [-0.39, 0.29) is 0 Å². The lowest BCUT2D eigenvalue weighted by Crippen LogP contribution is -2.33. The summed E-state index contributed by atoms with van der Waals surface area (Å²) in [6.07, 6.45) is 5.78. The second kappa shape index (κ2) is 10.1. The molecule has 0 saturated heterocycles. The van der Waals surface area contributed by atoms with Crippen molar-refractivity contribution in [3.05, 3.63) is 29.8 Å². The molecule has 1 aromatic carbocycles. The maximum atomic E-state index is 5.82. The van der Waals surface area contributed by atoms with Crippen LogP contribution in [0.25, 0.3) is 0 Å². The average molecular weight is 277 g/mol. The van der Waals surface area contributed by atoms with Gasteiger partial charge in [-0.25, -0.2) is 0 Å². The second-order valence-electron chi connectivity index (χ2n) is 4.86. The summed E-state index contributed by atoms with van der Waals surface area (Å²) < 4.78 is 5.20. The molecule has 0 aliphatic rings. The van der Waals surface area contributed by atoms with Crippen LogP contribution in [0.4, 0.5) is 0 Å². The molecule has 0 radical (unpaired) electrons. The first kappa shape index (κ1) is 16.3. The number of hydrogen-bond donors (Lipinski definition) is 2. The molecule has 112 valence electrons. The van der Waals surface area contributed by atoms with E-state index >= 15 is 0 Å². The summed E-state index contributed by atoms with van der Waals surface area (Å²) in [6.45, 7) is 3.81.